The molecular weight excluding hydrogens is 722 g/mol. The van der Waals surface area contributed by atoms with Gasteiger partial charge in [0.15, 0.2) is 5.78 Å². The molecule has 0 spiro atoms. The molecule has 0 atom stereocenters. The van der Waals surface area contributed by atoms with Crippen molar-refractivity contribution < 1.29 is 14.3 Å². The highest BCUT2D eigenvalue weighted by molar-refractivity contribution is 14.1. The van der Waals surface area contributed by atoms with Crippen LogP contribution in [0.5, 0.6) is 23.0 Å². The van der Waals surface area contributed by atoms with Crippen molar-refractivity contribution in [1.29, 1.82) is 0 Å². The first-order valence-electron chi connectivity index (χ1n) is 12.7. The van der Waals surface area contributed by atoms with Crippen LogP contribution in [0.15, 0.2) is 133 Å². The Labute approximate surface area is 260 Å². The minimum absolute atomic E-state index is 0.00120. The smallest absolute Gasteiger partial charge is 0.194 e. The summed E-state index contributed by atoms with van der Waals surface area (Å²) in [5, 5.41) is 2.29. The number of hydrogen-bond donors (Lipinski definition) is 0. The lowest BCUT2D eigenvalue weighted by Gasteiger charge is -2.10. The molecule has 194 valence electrons. The Bertz CT molecular complexity index is 1810. The molecule has 0 aliphatic carbocycles. The van der Waals surface area contributed by atoms with Gasteiger partial charge in [-0.3, -0.25) is 4.79 Å². The summed E-state index contributed by atoms with van der Waals surface area (Å²) >= 11 is 4.42. The van der Waals surface area contributed by atoms with Gasteiger partial charge in [0.05, 0.1) is 0 Å². The maximum Gasteiger partial charge on any atom is 0.194 e. The summed E-state index contributed by atoms with van der Waals surface area (Å²) in [6, 6.07) is 43.6. The number of carbonyl (C=O) groups is 1. The number of ketones is 1. The quantitative estimate of drug-likeness (QED) is 0.121. The lowest BCUT2D eigenvalue weighted by atomic mass is 10.0. The summed E-state index contributed by atoms with van der Waals surface area (Å²) in [6.07, 6.45) is 0. The molecule has 0 saturated heterocycles. The number of rotatable bonds is 7. The fourth-order valence-electron chi connectivity index (χ4n) is 4.45. The topological polar surface area (TPSA) is 35.5 Å². The van der Waals surface area contributed by atoms with E-state index in [9.17, 15) is 4.79 Å². The van der Waals surface area contributed by atoms with Gasteiger partial charge >= 0.3 is 0 Å². The Balaban J connectivity index is 1.11. The normalized spacial score (nSPS) is 10.8. The van der Waals surface area contributed by atoms with Gasteiger partial charge in [0, 0.05) is 18.3 Å². The van der Waals surface area contributed by atoms with E-state index in [1.165, 1.54) is 16.5 Å². The average Bonchev–Trinajstić information content (AvgIpc) is 2.99. The first-order chi connectivity index (χ1) is 19.5. The van der Waals surface area contributed by atoms with Gasteiger partial charge in [-0.15, -0.1) is 0 Å². The van der Waals surface area contributed by atoms with E-state index >= 15 is 0 Å². The van der Waals surface area contributed by atoms with Gasteiger partial charge in [-0.25, -0.2) is 0 Å². The van der Waals surface area contributed by atoms with Crippen LogP contribution in [0.2, 0.25) is 0 Å². The third kappa shape index (κ3) is 6.05. The maximum absolute atomic E-state index is 13.0. The highest BCUT2D eigenvalue weighted by Gasteiger charge is 2.13. The molecule has 0 saturated carbocycles. The molecule has 0 amide bonds. The largest absolute Gasteiger partial charge is 0.457 e. The molecule has 6 aromatic rings. The second-order valence-corrected chi connectivity index (χ2v) is 11.7. The van der Waals surface area contributed by atoms with Gasteiger partial charge in [-0.1, -0.05) is 48.5 Å². The van der Waals surface area contributed by atoms with Crippen LogP contribution in [-0.4, -0.2) is 5.78 Å². The van der Waals surface area contributed by atoms with Crippen LogP contribution in [0.1, 0.15) is 15.9 Å². The van der Waals surface area contributed by atoms with Crippen molar-refractivity contribution in [2.24, 2.45) is 0 Å². The zero-order chi connectivity index (χ0) is 27.5. The summed E-state index contributed by atoms with van der Waals surface area (Å²) < 4.78 is 14.1. The Hall–Kier alpha value is -3.69. The number of ether oxygens (including phenoxy) is 2. The molecule has 0 aliphatic heterocycles. The average molecular weight is 744 g/mol. The zero-order valence-corrected chi connectivity index (χ0v) is 25.5. The molecule has 3 nitrogen and oxygen atoms in total. The molecule has 0 aliphatic rings. The predicted molar refractivity (Wildman–Crippen MR) is 178 cm³/mol. The third-order valence-electron chi connectivity index (χ3n) is 6.50. The van der Waals surface area contributed by atoms with E-state index in [0.717, 1.165) is 24.0 Å². The monoisotopic (exact) mass is 744 g/mol. The summed E-state index contributed by atoms with van der Waals surface area (Å²) in [5.74, 6) is 2.84. The van der Waals surface area contributed by atoms with Crippen molar-refractivity contribution in [3.8, 4) is 34.1 Å². The van der Waals surface area contributed by atoms with Gasteiger partial charge in [0.25, 0.3) is 0 Å². The molecule has 6 aromatic carbocycles. The van der Waals surface area contributed by atoms with E-state index in [2.05, 4.69) is 99.8 Å². The van der Waals surface area contributed by atoms with E-state index in [1.807, 2.05) is 66.7 Å². The van der Waals surface area contributed by atoms with Crippen LogP contribution in [0, 0.1) is 7.14 Å². The predicted octanol–water partition coefficient (Wildman–Crippen LogP) is 10.5. The van der Waals surface area contributed by atoms with Crippen molar-refractivity contribution in [3.05, 3.63) is 152 Å². The van der Waals surface area contributed by atoms with Gasteiger partial charge < -0.3 is 9.47 Å². The summed E-state index contributed by atoms with van der Waals surface area (Å²) in [6.45, 7) is 0. The minimum Gasteiger partial charge on any atom is -0.457 e. The fraction of sp³-hybridized carbons (Fsp3) is 0. The first kappa shape index (κ1) is 26.5. The molecule has 0 aromatic heterocycles. The van der Waals surface area contributed by atoms with Crippen molar-refractivity contribution in [2.45, 2.75) is 0 Å². The standard InChI is InChI=1S/C35H22I2O3/c36-28-11-19-34(37)33(22-28)35(38)24-8-12-29(13-9-24)39-30-15-17-31(18-16-30)40-32-14-10-26-20-25(6-7-27(26)21-32)23-4-2-1-3-5-23/h1-22H. The lowest BCUT2D eigenvalue weighted by Crippen LogP contribution is -2.04. The van der Waals surface area contributed by atoms with E-state index in [1.54, 1.807) is 12.1 Å². The first-order valence-corrected chi connectivity index (χ1v) is 14.8. The Morgan fingerprint density at radius 1 is 0.500 bits per heavy atom. The summed E-state index contributed by atoms with van der Waals surface area (Å²) in [4.78, 5) is 13.0. The molecule has 0 unspecified atom stereocenters. The van der Waals surface area contributed by atoms with Crippen LogP contribution in [0.4, 0.5) is 0 Å². The van der Waals surface area contributed by atoms with Gasteiger partial charge in [-0.2, -0.15) is 0 Å². The number of carbonyl (C=O) groups excluding carboxylic acids is 1. The molecule has 6 rings (SSSR count). The number of benzene rings is 6. The zero-order valence-electron chi connectivity index (χ0n) is 21.2. The van der Waals surface area contributed by atoms with E-state index < -0.39 is 0 Å². The van der Waals surface area contributed by atoms with Crippen LogP contribution < -0.4 is 9.47 Å². The maximum atomic E-state index is 13.0. The highest BCUT2D eigenvalue weighted by Crippen LogP contribution is 2.31. The number of hydrogen-bond acceptors (Lipinski definition) is 3. The SMILES string of the molecule is O=C(c1ccc(Oc2ccc(Oc3ccc4cc(-c5ccccc5)ccc4c3)cc2)cc1)c1cc(I)ccc1I. The van der Waals surface area contributed by atoms with Gasteiger partial charge in [-0.05, 0) is 152 Å². The Kier molecular flexibility index (Phi) is 7.84. The van der Waals surface area contributed by atoms with Gasteiger partial charge in [0.2, 0.25) is 0 Å². The second kappa shape index (κ2) is 11.8. The van der Waals surface area contributed by atoms with E-state index in [-0.39, 0.29) is 5.78 Å². The van der Waals surface area contributed by atoms with Crippen molar-refractivity contribution in [3.63, 3.8) is 0 Å². The third-order valence-corrected chi connectivity index (χ3v) is 8.12. The molecule has 0 N–H and O–H groups in total. The molecule has 0 radical (unpaired) electrons. The lowest BCUT2D eigenvalue weighted by molar-refractivity contribution is 0.103. The van der Waals surface area contributed by atoms with E-state index in [0.29, 0.717) is 22.6 Å². The molecular formula is C35H22I2O3. The van der Waals surface area contributed by atoms with Crippen LogP contribution in [0.3, 0.4) is 0 Å². The van der Waals surface area contributed by atoms with Crippen molar-refractivity contribution >= 4 is 61.7 Å². The molecule has 40 heavy (non-hydrogen) atoms. The van der Waals surface area contributed by atoms with Crippen molar-refractivity contribution in [1.82, 2.24) is 0 Å². The molecule has 0 heterocycles. The highest BCUT2D eigenvalue weighted by atomic mass is 127. The van der Waals surface area contributed by atoms with Crippen molar-refractivity contribution in [2.75, 3.05) is 0 Å². The summed E-state index contributed by atoms with van der Waals surface area (Å²) in [7, 11) is 0. The van der Waals surface area contributed by atoms with Crippen LogP contribution in [0.25, 0.3) is 21.9 Å². The Morgan fingerprint density at radius 3 is 1.77 bits per heavy atom. The van der Waals surface area contributed by atoms with Crippen LogP contribution in [-0.2, 0) is 0 Å². The number of fused-ring (bicyclic) bond motifs is 1. The minimum atomic E-state index is 0.00120. The molecule has 5 heteroatoms. The molecule has 0 fully saturated rings. The second-order valence-electron chi connectivity index (χ2n) is 9.24. The van der Waals surface area contributed by atoms with E-state index in [4.69, 9.17) is 9.47 Å². The Morgan fingerprint density at radius 2 is 1.07 bits per heavy atom. The van der Waals surface area contributed by atoms with Crippen LogP contribution >= 0.6 is 45.2 Å². The van der Waals surface area contributed by atoms with Gasteiger partial charge in [0.1, 0.15) is 23.0 Å². The molecule has 0 bridgehead atoms. The number of halogens is 2. The summed E-state index contributed by atoms with van der Waals surface area (Å²) in [5.41, 5.74) is 3.73. The fourth-order valence-corrected chi connectivity index (χ4v) is 5.52.